The monoisotopic (exact) mass is 338 g/mol. The lowest BCUT2D eigenvalue weighted by atomic mass is 9.92. The number of rotatable bonds is 4. The fourth-order valence-electron chi connectivity index (χ4n) is 3.83. The van der Waals surface area contributed by atoms with Crippen molar-refractivity contribution in [2.75, 3.05) is 19.6 Å². The first kappa shape index (κ1) is 17.5. The predicted molar refractivity (Wildman–Crippen MR) is 100 cm³/mol. The Kier molecular flexibility index (Phi) is 5.37. The third-order valence-corrected chi connectivity index (χ3v) is 4.89. The van der Waals surface area contributed by atoms with Gasteiger partial charge in [-0.15, -0.1) is 0 Å². The summed E-state index contributed by atoms with van der Waals surface area (Å²) in [4.78, 5) is 26.5. The second kappa shape index (κ2) is 7.68. The third-order valence-electron chi connectivity index (χ3n) is 4.89. The highest BCUT2D eigenvalue weighted by atomic mass is 16.2. The van der Waals surface area contributed by atoms with Crippen molar-refractivity contribution < 1.29 is 9.59 Å². The molecular weight excluding hydrogens is 312 g/mol. The van der Waals surface area contributed by atoms with Crippen LogP contribution < -0.4 is 5.32 Å². The molecule has 0 saturated carbocycles. The number of amides is 2. The van der Waals surface area contributed by atoms with Gasteiger partial charge in [-0.2, -0.15) is 0 Å². The lowest BCUT2D eigenvalue weighted by Gasteiger charge is -2.35. The molecule has 2 aromatic carbocycles. The first-order valence-electron chi connectivity index (χ1n) is 9.04. The molecule has 1 N–H and O–H groups in total. The largest absolute Gasteiger partial charge is 0.347 e. The molecule has 2 unspecified atom stereocenters. The molecule has 2 atom stereocenters. The van der Waals surface area contributed by atoms with E-state index in [-0.39, 0.29) is 18.4 Å². The molecule has 0 radical (unpaired) electrons. The Morgan fingerprint density at radius 3 is 2.48 bits per heavy atom. The van der Waals surface area contributed by atoms with Crippen molar-refractivity contribution in [3.05, 3.63) is 48.0 Å². The van der Waals surface area contributed by atoms with Gasteiger partial charge in [-0.3, -0.25) is 9.59 Å². The highest BCUT2D eigenvalue weighted by Crippen LogP contribution is 2.21. The number of hydrogen-bond donors (Lipinski definition) is 1. The molecule has 2 amide bonds. The third kappa shape index (κ3) is 4.38. The van der Waals surface area contributed by atoms with Crippen LogP contribution in [0.25, 0.3) is 10.8 Å². The summed E-state index contributed by atoms with van der Waals surface area (Å²) >= 11 is 0. The molecule has 4 heteroatoms. The van der Waals surface area contributed by atoms with Crippen LogP contribution in [0.2, 0.25) is 0 Å². The molecule has 3 rings (SSSR count). The van der Waals surface area contributed by atoms with Gasteiger partial charge in [-0.25, -0.2) is 0 Å². The molecule has 1 fully saturated rings. The minimum atomic E-state index is -0.109. The molecular formula is C21H26N2O2. The molecule has 1 heterocycles. The summed E-state index contributed by atoms with van der Waals surface area (Å²) in [5, 5.41) is 5.01. The zero-order valence-corrected chi connectivity index (χ0v) is 15.0. The van der Waals surface area contributed by atoms with Crippen LogP contribution in [0.5, 0.6) is 0 Å². The van der Waals surface area contributed by atoms with Crippen LogP contribution in [-0.2, 0) is 16.0 Å². The number of carbonyl (C=O) groups is 2. The average Bonchev–Trinajstić information content (AvgIpc) is 2.59. The van der Waals surface area contributed by atoms with E-state index in [0.717, 1.165) is 35.8 Å². The molecule has 1 saturated heterocycles. The van der Waals surface area contributed by atoms with Crippen molar-refractivity contribution in [3.8, 4) is 0 Å². The van der Waals surface area contributed by atoms with E-state index in [9.17, 15) is 9.59 Å². The Morgan fingerprint density at radius 1 is 1.04 bits per heavy atom. The summed E-state index contributed by atoms with van der Waals surface area (Å²) in [7, 11) is 0. The normalized spacial score (nSPS) is 20.5. The van der Waals surface area contributed by atoms with Crippen molar-refractivity contribution >= 4 is 22.6 Å². The van der Waals surface area contributed by atoms with E-state index in [0.29, 0.717) is 18.3 Å². The smallest absolute Gasteiger partial charge is 0.241 e. The van der Waals surface area contributed by atoms with E-state index in [4.69, 9.17) is 0 Å². The lowest BCUT2D eigenvalue weighted by Crippen LogP contribution is -2.47. The van der Waals surface area contributed by atoms with Gasteiger partial charge in [0.2, 0.25) is 11.8 Å². The van der Waals surface area contributed by atoms with Gasteiger partial charge in [0, 0.05) is 13.1 Å². The van der Waals surface area contributed by atoms with Gasteiger partial charge in [0.1, 0.15) is 0 Å². The van der Waals surface area contributed by atoms with Crippen molar-refractivity contribution in [2.24, 2.45) is 11.8 Å². The summed E-state index contributed by atoms with van der Waals surface area (Å²) in [6.07, 6.45) is 1.46. The topological polar surface area (TPSA) is 49.4 Å². The van der Waals surface area contributed by atoms with E-state index in [1.165, 1.54) is 0 Å². The minimum absolute atomic E-state index is 0.0182. The highest BCUT2D eigenvalue weighted by molar-refractivity contribution is 5.91. The first-order chi connectivity index (χ1) is 12.0. The van der Waals surface area contributed by atoms with Crippen molar-refractivity contribution in [1.29, 1.82) is 0 Å². The fourth-order valence-corrected chi connectivity index (χ4v) is 3.83. The number of likely N-dealkylation sites (tertiary alicyclic amines) is 1. The average molecular weight is 338 g/mol. The van der Waals surface area contributed by atoms with Gasteiger partial charge in [-0.1, -0.05) is 56.3 Å². The Morgan fingerprint density at radius 2 is 1.72 bits per heavy atom. The predicted octanol–water partition coefficient (Wildman–Crippen LogP) is 3.00. The molecule has 0 aromatic heterocycles. The summed E-state index contributed by atoms with van der Waals surface area (Å²) in [6.45, 7) is 6.03. The zero-order valence-electron chi connectivity index (χ0n) is 15.0. The first-order valence-corrected chi connectivity index (χ1v) is 9.04. The van der Waals surface area contributed by atoms with Crippen LogP contribution in [-0.4, -0.2) is 36.3 Å². The maximum absolute atomic E-state index is 12.4. The number of carbonyl (C=O) groups excluding carboxylic acids is 2. The number of nitrogens with zero attached hydrogens (tertiary/aromatic N) is 1. The zero-order chi connectivity index (χ0) is 17.8. The van der Waals surface area contributed by atoms with Crippen LogP contribution >= 0.6 is 0 Å². The molecule has 0 bridgehead atoms. The van der Waals surface area contributed by atoms with E-state index in [2.05, 4.69) is 19.2 Å². The van der Waals surface area contributed by atoms with Crippen LogP contribution in [0.1, 0.15) is 25.8 Å². The highest BCUT2D eigenvalue weighted by Gasteiger charge is 2.25. The fraction of sp³-hybridized carbons (Fsp3) is 0.429. The van der Waals surface area contributed by atoms with Crippen molar-refractivity contribution in [1.82, 2.24) is 10.2 Å². The molecule has 1 aliphatic rings. The lowest BCUT2D eigenvalue weighted by molar-refractivity contribution is -0.135. The van der Waals surface area contributed by atoms with Gasteiger partial charge in [0.25, 0.3) is 0 Å². The van der Waals surface area contributed by atoms with Crippen LogP contribution in [0.3, 0.4) is 0 Å². The molecule has 25 heavy (non-hydrogen) atoms. The van der Waals surface area contributed by atoms with Crippen LogP contribution in [0, 0.1) is 11.8 Å². The quantitative estimate of drug-likeness (QED) is 0.932. The summed E-state index contributed by atoms with van der Waals surface area (Å²) in [5.74, 6) is 0.964. The SMILES string of the molecule is CC1CC(C)CN(C(=O)CNC(=O)Cc2cccc3ccccc23)C1. The summed E-state index contributed by atoms with van der Waals surface area (Å²) < 4.78 is 0. The Bertz CT molecular complexity index is 756. The van der Waals surface area contributed by atoms with E-state index in [1.54, 1.807) is 0 Å². The summed E-state index contributed by atoms with van der Waals surface area (Å²) in [5.41, 5.74) is 0.989. The number of benzene rings is 2. The van der Waals surface area contributed by atoms with Crippen LogP contribution in [0.4, 0.5) is 0 Å². The van der Waals surface area contributed by atoms with Gasteiger partial charge < -0.3 is 10.2 Å². The van der Waals surface area contributed by atoms with Crippen molar-refractivity contribution in [3.63, 3.8) is 0 Å². The van der Waals surface area contributed by atoms with E-state index >= 15 is 0 Å². The molecule has 1 aliphatic heterocycles. The number of nitrogens with one attached hydrogen (secondary N) is 1. The molecule has 0 aliphatic carbocycles. The van der Waals surface area contributed by atoms with Gasteiger partial charge in [0.15, 0.2) is 0 Å². The maximum atomic E-state index is 12.4. The van der Waals surface area contributed by atoms with E-state index in [1.807, 2.05) is 47.4 Å². The van der Waals surface area contributed by atoms with Crippen LogP contribution in [0.15, 0.2) is 42.5 Å². The second-order valence-electron chi connectivity index (χ2n) is 7.34. The Hall–Kier alpha value is -2.36. The molecule has 0 spiro atoms. The standard InChI is InChI=1S/C21H26N2O2/c1-15-10-16(2)14-23(13-15)21(25)12-22-20(24)11-18-8-5-7-17-6-3-4-9-19(17)18/h3-9,15-16H,10-14H2,1-2H3,(H,22,24). The maximum Gasteiger partial charge on any atom is 0.241 e. The number of piperidine rings is 1. The number of hydrogen-bond acceptors (Lipinski definition) is 2. The van der Waals surface area contributed by atoms with Crippen molar-refractivity contribution in [2.45, 2.75) is 26.7 Å². The summed E-state index contributed by atoms with van der Waals surface area (Å²) in [6, 6.07) is 14.0. The Labute approximate surface area is 149 Å². The Balaban J connectivity index is 1.56. The van der Waals surface area contributed by atoms with E-state index < -0.39 is 0 Å². The second-order valence-corrected chi connectivity index (χ2v) is 7.34. The molecule has 132 valence electrons. The van der Waals surface area contributed by atoms with Gasteiger partial charge in [-0.05, 0) is 34.6 Å². The minimum Gasteiger partial charge on any atom is -0.347 e. The molecule has 2 aromatic rings. The van der Waals surface area contributed by atoms with Gasteiger partial charge in [0.05, 0.1) is 13.0 Å². The van der Waals surface area contributed by atoms with Gasteiger partial charge >= 0.3 is 0 Å². The number of fused-ring (bicyclic) bond motifs is 1. The molecule has 4 nitrogen and oxygen atoms in total.